The van der Waals surface area contributed by atoms with E-state index in [1.54, 1.807) is 12.1 Å². The van der Waals surface area contributed by atoms with Gasteiger partial charge in [-0.1, -0.05) is 6.92 Å². The smallest absolute Gasteiger partial charge is 0.123 e. The van der Waals surface area contributed by atoms with E-state index in [9.17, 15) is 4.39 Å². The molecule has 3 rings (SSSR count). The van der Waals surface area contributed by atoms with E-state index in [2.05, 4.69) is 24.1 Å². The largest absolute Gasteiger partial charge is 0.367 e. The van der Waals surface area contributed by atoms with Crippen molar-refractivity contribution in [3.8, 4) is 0 Å². The highest BCUT2D eigenvalue weighted by Crippen LogP contribution is 2.32. The Labute approximate surface area is 125 Å². The monoisotopic (exact) mass is 294 g/mol. The molecule has 0 aromatic heterocycles. The number of halogens is 1. The molecular formula is C16H23FN2S. The molecule has 0 amide bonds. The second-order valence-electron chi connectivity index (χ2n) is 5.94. The third-order valence-electron chi connectivity index (χ3n) is 4.39. The first-order chi connectivity index (χ1) is 9.65. The van der Waals surface area contributed by atoms with Crippen molar-refractivity contribution in [3.63, 3.8) is 0 Å². The molecule has 0 radical (unpaired) electrons. The maximum absolute atomic E-state index is 13.6. The maximum Gasteiger partial charge on any atom is 0.123 e. The van der Waals surface area contributed by atoms with Crippen LogP contribution in [0.25, 0.3) is 0 Å². The molecule has 2 fully saturated rings. The van der Waals surface area contributed by atoms with Gasteiger partial charge in [0.15, 0.2) is 0 Å². The number of nitrogens with zero attached hydrogens (tertiary/aromatic N) is 1. The zero-order valence-corrected chi connectivity index (χ0v) is 13.0. The summed E-state index contributed by atoms with van der Waals surface area (Å²) < 4.78 is 13.6. The van der Waals surface area contributed by atoms with Crippen LogP contribution in [0.1, 0.15) is 32.3 Å². The number of nitrogens with one attached hydrogen (secondary N) is 1. The minimum Gasteiger partial charge on any atom is -0.367 e. The maximum atomic E-state index is 13.6. The molecular weight excluding hydrogens is 271 g/mol. The predicted octanol–water partition coefficient (Wildman–Crippen LogP) is 3.41. The van der Waals surface area contributed by atoms with Crippen LogP contribution in [0.15, 0.2) is 18.2 Å². The molecule has 1 heterocycles. The summed E-state index contributed by atoms with van der Waals surface area (Å²) in [6.45, 7) is 6.39. The highest BCUT2D eigenvalue weighted by atomic mass is 32.2. The van der Waals surface area contributed by atoms with Gasteiger partial charge in [-0.2, -0.15) is 11.8 Å². The fourth-order valence-corrected chi connectivity index (χ4v) is 3.89. The molecule has 1 aromatic rings. The molecule has 2 atom stereocenters. The Hall–Kier alpha value is -0.740. The summed E-state index contributed by atoms with van der Waals surface area (Å²) >= 11 is 2.03. The fourth-order valence-electron chi connectivity index (χ4n) is 2.79. The fraction of sp³-hybridized carbons (Fsp3) is 0.625. The first kappa shape index (κ1) is 14.2. The van der Waals surface area contributed by atoms with E-state index in [0.29, 0.717) is 17.3 Å². The van der Waals surface area contributed by atoms with Crippen LogP contribution in [0, 0.1) is 5.82 Å². The van der Waals surface area contributed by atoms with E-state index in [4.69, 9.17) is 0 Å². The van der Waals surface area contributed by atoms with Crippen LogP contribution in [0.4, 0.5) is 10.1 Å². The summed E-state index contributed by atoms with van der Waals surface area (Å²) in [6.07, 6.45) is 2.52. The highest BCUT2D eigenvalue weighted by Gasteiger charge is 2.27. The number of hydrogen-bond donors (Lipinski definition) is 1. The van der Waals surface area contributed by atoms with Crippen molar-refractivity contribution in [2.75, 3.05) is 17.2 Å². The van der Waals surface area contributed by atoms with Gasteiger partial charge in [0.05, 0.1) is 0 Å². The van der Waals surface area contributed by atoms with Crippen molar-refractivity contribution < 1.29 is 4.39 Å². The Morgan fingerprint density at radius 3 is 2.90 bits per heavy atom. The molecule has 2 aliphatic rings. The topological polar surface area (TPSA) is 15.3 Å². The first-order valence-corrected chi connectivity index (χ1v) is 8.60. The van der Waals surface area contributed by atoms with Crippen molar-refractivity contribution in [3.05, 3.63) is 29.6 Å². The van der Waals surface area contributed by atoms with Gasteiger partial charge >= 0.3 is 0 Å². The van der Waals surface area contributed by atoms with Crippen LogP contribution in [0.5, 0.6) is 0 Å². The number of benzene rings is 1. The minimum atomic E-state index is -0.131. The number of hydrogen-bond acceptors (Lipinski definition) is 3. The van der Waals surface area contributed by atoms with Crippen molar-refractivity contribution >= 4 is 17.4 Å². The summed E-state index contributed by atoms with van der Waals surface area (Å²) in [6, 6.07) is 6.40. The van der Waals surface area contributed by atoms with Gasteiger partial charge in [-0.05, 0) is 43.5 Å². The molecule has 0 bridgehead atoms. The van der Waals surface area contributed by atoms with E-state index in [-0.39, 0.29) is 5.82 Å². The van der Waals surface area contributed by atoms with Gasteiger partial charge < -0.3 is 10.2 Å². The average molecular weight is 294 g/mol. The van der Waals surface area contributed by atoms with Crippen LogP contribution in [-0.4, -0.2) is 29.6 Å². The number of thioether (sulfide) groups is 1. The average Bonchev–Trinajstić information content (AvgIpc) is 3.24. The molecule has 2 unspecified atom stereocenters. The summed E-state index contributed by atoms with van der Waals surface area (Å²) in [5.41, 5.74) is 2.31. The van der Waals surface area contributed by atoms with Crippen molar-refractivity contribution in [1.82, 2.24) is 5.32 Å². The molecule has 0 spiro atoms. The first-order valence-electron chi connectivity index (χ1n) is 7.55. The molecule has 110 valence electrons. The van der Waals surface area contributed by atoms with E-state index < -0.39 is 0 Å². The summed E-state index contributed by atoms with van der Waals surface area (Å²) in [5, 5.41) is 4.13. The van der Waals surface area contributed by atoms with E-state index in [1.807, 2.05) is 17.8 Å². The molecule has 1 aliphatic carbocycles. The van der Waals surface area contributed by atoms with Gasteiger partial charge in [-0.25, -0.2) is 4.39 Å². The van der Waals surface area contributed by atoms with Crippen LogP contribution in [0.3, 0.4) is 0 Å². The van der Waals surface area contributed by atoms with Gasteiger partial charge in [-0.15, -0.1) is 0 Å². The third-order valence-corrected chi connectivity index (χ3v) is 5.73. The van der Waals surface area contributed by atoms with E-state index in [0.717, 1.165) is 24.4 Å². The minimum absolute atomic E-state index is 0.131. The molecule has 1 saturated heterocycles. The van der Waals surface area contributed by atoms with Crippen LogP contribution in [-0.2, 0) is 6.54 Å². The Balaban J connectivity index is 1.82. The standard InChI is InChI=1S/C16H23FN2S/c1-11-12(2)20-8-7-19(11)16-6-3-14(17)9-13(16)10-18-15-4-5-15/h3,6,9,11-12,15,18H,4-5,7-8,10H2,1-2H3. The van der Waals surface area contributed by atoms with Crippen molar-refractivity contribution in [1.29, 1.82) is 0 Å². The van der Waals surface area contributed by atoms with Gasteiger partial charge in [0.1, 0.15) is 5.82 Å². The summed E-state index contributed by atoms with van der Waals surface area (Å²) in [7, 11) is 0. The predicted molar refractivity (Wildman–Crippen MR) is 85.0 cm³/mol. The molecule has 20 heavy (non-hydrogen) atoms. The van der Waals surface area contributed by atoms with E-state index in [1.165, 1.54) is 18.5 Å². The zero-order chi connectivity index (χ0) is 14.1. The van der Waals surface area contributed by atoms with Gasteiger partial charge in [0.2, 0.25) is 0 Å². The lowest BCUT2D eigenvalue weighted by atomic mass is 10.1. The van der Waals surface area contributed by atoms with Crippen molar-refractivity contribution in [2.45, 2.75) is 50.6 Å². The normalized spacial score (nSPS) is 26.9. The van der Waals surface area contributed by atoms with Gasteiger partial charge in [0, 0.05) is 41.9 Å². The Morgan fingerprint density at radius 2 is 2.15 bits per heavy atom. The third kappa shape index (κ3) is 3.12. The molecule has 1 aromatic carbocycles. The molecule has 2 nitrogen and oxygen atoms in total. The summed E-state index contributed by atoms with van der Waals surface area (Å²) in [4.78, 5) is 2.45. The Morgan fingerprint density at radius 1 is 1.35 bits per heavy atom. The second kappa shape index (κ2) is 5.94. The highest BCUT2D eigenvalue weighted by molar-refractivity contribution is 8.00. The van der Waals surface area contributed by atoms with Crippen molar-refractivity contribution in [2.24, 2.45) is 0 Å². The summed E-state index contributed by atoms with van der Waals surface area (Å²) in [5.74, 6) is 1.02. The molecule has 1 aliphatic heterocycles. The Kier molecular flexibility index (Phi) is 4.22. The SMILES string of the molecule is CC1SCCN(c2ccc(F)cc2CNC2CC2)C1C. The quantitative estimate of drug-likeness (QED) is 0.916. The lowest BCUT2D eigenvalue weighted by Crippen LogP contribution is -2.45. The van der Waals surface area contributed by atoms with Gasteiger partial charge in [-0.3, -0.25) is 0 Å². The Bertz CT molecular complexity index is 476. The van der Waals surface area contributed by atoms with E-state index >= 15 is 0 Å². The second-order valence-corrected chi connectivity index (χ2v) is 7.42. The number of anilines is 1. The lowest BCUT2D eigenvalue weighted by molar-refractivity contribution is 0.604. The molecule has 4 heteroatoms. The zero-order valence-electron chi connectivity index (χ0n) is 12.2. The van der Waals surface area contributed by atoms with Crippen LogP contribution in [0.2, 0.25) is 0 Å². The molecule has 1 saturated carbocycles. The van der Waals surface area contributed by atoms with Crippen LogP contribution < -0.4 is 10.2 Å². The van der Waals surface area contributed by atoms with Gasteiger partial charge in [0.25, 0.3) is 0 Å². The van der Waals surface area contributed by atoms with Crippen LogP contribution >= 0.6 is 11.8 Å². The number of rotatable bonds is 4. The lowest BCUT2D eigenvalue weighted by Gasteiger charge is -2.40. The molecule has 1 N–H and O–H groups in total.